The van der Waals surface area contributed by atoms with Crippen molar-refractivity contribution in [3.63, 3.8) is 0 Å². The third kappa shape index (κ3) is 4.82. The van der Waals surface area contributed by atoms with Gasteiger partial charge >= 0.3 is 5.97 Å². The Morgan fingerprint density at radius 2 is 2.18 bits per heavy atom. The average molecular weight is 240 g/mol. The van der Waals surface area contributed by atoms with Crippen LogP contribution in [0.25, 0.3) is 0 Å². The molecular formula is C12H17FN2O2. The minimum Gasteiger partial charge on any atom is -0.481 e. The van der Waals surface area contributed by atoms with Crippen molar-refractivity contribution in [1.82, 2.24) is 4.90 Å². The second-order valence-electron chi connectivity index (χ2n) is 4.11. The zero-order valence-corrected chi connectivity index (χ0v) is 10.0. The van der Waals surface area contributed by atoms with Crippen LogP contribution in [-0.4, -0.2) is 43.2 Å². The summed E-state index contributed by atoms with van der Waals surface area (Å²) in [6, 6.07) is 4.45. The second-order valence-corrected chi connectivity index (χ2v) is 4.11. The van der Waals surface area contributed by atoms with Crippen molar-refractivity contribution in [3.05, 3.63) is 29.6 Å². The number of benzene rings is 1. The van der Waals surface area contributed by atoms with Gasteiger partial charge in [0.25, 0.3) is 0 Å². The zero-order valence-electron chi connectivity index (χ0n) is 10.0. The normalized spacial score (nSPS) is 10.6. The quantitative estimate of drug-likeness (QED) is 0.789. The molecule has 0 atom stereocenters. The number of nitrogens with one attached hydrogen (secondary N) is 1. The van der Waals surface area contributed by atoms with Crippen molar-refractivity contribution in [3.8, 4) is 0 Å². The van der Waals surface area contributed by atoms with Crippen molar-refractivity contribution in [2.75, 3.05) is 32.5 Å². The van der Waals surface area contributed by atoms with E-state index in [0.717, 1.165) is 6.54 Å². The first-order valence-electron chi connectivity index (χ1n) is 5.38. The molecule has 4 nitrogen and oxygen atoms in total. The van der Waals surface area contributed by atoms with Crippen molar-refractivity contribution >= 4 is 11.7 Å². The summed E-state index contributed by atoms with van der Waals surface area (Å²) in [6.07, 6.45) is -0.158. The average Bonchev–Trinajstić information content (AvgIpc) is 2.20. The van der Waals surface area contributed by atoms with Gasteiger partial charge in [0.15, 0.2) is 0 Å². The lowest BCUT2D eigenvalue weighted by Gasteiger charge is -2.12. The summed E-state index contributed by atoms with van der Waals surface area (Å²) in [6.45, 7) is 1.44. The van der Waals surface area contributed by atoms with E-state index < -0.39 is 11.8 Å². The zero-order chi connectivity index (χ0) is 12.8. The Hall–Kier alpha value is -1.62. The molecule has 2 N–H and O–H groups in total. The molecule has 1 aromatic rings. The largest absolute Gasteiger partial charge is 0.481 e. The number of rotatable bonds is 6. The van der Waals surface area contributed by atoms with E-state index in [1.54, 1.807) is 12.1 Å². The van der Waals surface area contributed by atoms with E-state index in [2.05, 4.69) is 5.32 Å². The molecular weight excluding hydrogens is 223 g/mol. The van der Waals surface area contributed by atoms with E-state index in [1.807, 2.05) is 19.0 Å². The number of carboxylic acids is 1. The van der Waals surface area contributed by atoms with Crippen LogP contribution in [0, 0.1) is 5.82 Å². The molecule has 0 saturated carbocycles. The first-order valence-corrected chi connectivity index (χ1v) is 5.38. The van der Waals surface area contributed by atoms with Crippen LogP contribution in [0.4, 0.5) is 10.1 Å². The topological polar surface area (TPSA) is 52.6 Å². The summed E-state index contributed by atoms with van der Waals surface area (Å²) in [4.78, 5) is 12.5. The molecule has 0 unspecified atom stereocenters. The lowest BCUT2D eigenvalue weighted by Crippen LogP contribution is -2.21. The molecule has 5 heteroatoms. The molecule has 0 aliphatic rings. The van der Waals surface area contributed by atoms with Crippen LogP contribution >= 0.6 is 0 Å². The summed E-state index contributed by atoms with van der Waals surface area (Å²) >= 11 is 0. The number of carbonyl (C=O) groups is 1. The Bertz CT molecular complexity index is 394. The maximum Gasteiger partial charge on any atom is 0.307 e. The number of anilines is 1. The second kappa shape index (κ2) is 6.20. The molecule has 0 aliphatic heterocycles. The van der Waals surface area contributed by atoms with E-state index >= 15 is 0 Å². The summed E-state index contributed by atoms with van der Waals surface area (Å²) in [7, 11) is 3.88. The minimum absolute atomic E-state index is 0.158. The maximum atomic E-state index is 13.6. The third-order valence-corrected chi connectivity index (χ3v) is 2.26. The van der Waals surface area contributed by atoms with E-state index in [9.17, 15) is 9.18 Å². The van der Waals surface area contributed by atoms with Gasteiger partial charge < -0.3 is 15.3 Å². The minimum atomic E-state index is -0.960. The number of halogens is 1. The molecule has 0 fully saturated rings. The fraction of sp³-hybridized carbons (Fsp3) is 0.417. The van der Waals surface area contributed by atoms with E-state index in [-0.39, 0.29) is 6.42 Å². The van der Waals surface area contributed by atoms with Crippen molar-refractivity contribution in [2.24, 2.45) is 0 Å². The standard InChI is InChI=1S/C12H17FN2O2/c1-15(2)6-5-14-11-4-3-9(7-10(11)13)8-12(16)17/h3-4,7,14H,5-6,8H2,1-2H3,(H,16,17). The molecule has 0 heterocycles. The van der Waals surface area contributed by atoms with Crippen LogP contribution in [0.5, 0.6) is 0 Å². The Labute approximate surface area is 100 Å². The molecule has 0 amide bonds. The predicted molar refractivity (Wildman–Crippen MR) is 64.8 cm³/mol. The van der Waals surface area contributed by atoms with Crippen LogP contribution < -0.4 is 5.32 Å². The number of nitrogens with zero attached hydrogens (tertiary/aromatic N) is 1. The molecule has 1 rings (SSSR count). The molecule has 0 bridgehead atoms. The monoisotopic (exact) mass is 240 g/mol. The summed E-state index contributed by atoms with van der Waals surface area (Å²) in [5.41, 5.74) is 0.870. The van der Waals surface area contributed by atoms with Gasteiger partial charge in [0, 0.05) is 13.1 Å². The Balaban J connectivity index is 2.60. The van der Waals surface area contributed by atoms with Gasteiger partial charge in [-0.25, -0.2) is 4.39 Å². The SMILES string of the molecule is CN(C)CCNc1ccc(CC(=O)O)cc1F. The summed E-state index contributed by atoms with van der Waals surface area (Å²) < 4.78 is 13.6. The fourth-order valence-electron chi connectivity index (χ4n) is 1.40. The van der Waals surface area contributed by atoms with Gasteiger partial charge in [-0.2, -0.15) is 0 Å². The van der Waals surface area contributed by atoms with Crippen molar-refractivity contribution in [1.29, 1.82) is 0 Å². The van der Waals surface area contributed by atoms with Gasteiger partial charge in [-0.05, 0) is 31.8 Å². The molecule has 0 spiro atoms. The number of carboxylic acid groups (broad SMARTS) is 1. The maximum absolute atomic E-state index is 13.6. The highest BCUT2D eigenvalue weighted by molar-refractivity contribution is 5.70. The number of hydrogen-bond acceptors (Lipinski definition) is 3. The van der Waals surface area contributed by atoms with E-state index in [4.69, 9.17) is 5.11 Å². The first kappa shape index (κ1) is 13.4. The van der Waals surface area contributed by atoms with E-state index in [1.165, 1.54) is 6.07 Å². The van der Waals surface area contributed by atoms with Gasteiger partial charge in [-0.3, -0.25) is 4.79 Å². The van der Waals surface area contributed by atoms with Crippen LogP contribution in [-0.2, 0) is 11.2 Å². The number of hydrogen-bond donors (Lipinski definition) is 2. The summed E-state index contributed by atoms with van der Waals surface area (Å²) in [5.74, 6) is -1.37. The molecule has 0 aromatic heterocycles. The Morgan fingerprint density at radius 3 is 2.71 bits per heavy atom. The first-order chi connectivity index (χ1) is 7.99. The Kier molecular flexibility index (Phi) is 4.90. The smallest absolute Gasteiger partial charge is 0.307 e. The highest BCUT2D eigenvalue weighted by Crippen LogP contribution is 2.15. The molecule has 94 valence electrons. The summed E-state index contributed by atoms with van der Waals surface area (Å²) in [5, 5.41) is 11.5. The van der Waals surface area contributed by atoms with Crippen LogP contribution in [0.3, 0.4) is 0 Å². The van der Waals surface area contributed by atoms with Crippen LogP contribution in [0.15, 0.2) is 18.2 Å². The molecule has 1 aromatic carbocycles. The third-order valence-electron chi connectivity index (χ3n) is 2.26. The number of aliphatic carboxylic acids is 1. The van der Waals surface area contributed by atoms with Crippen LogP contribution in [0.1, 0.15) is 5.56 Å². The predicted octanol–water partition coefficient (Wildman–Crippen LogP) is 1.43. The van der Waals surface area contributed by atoms with Gasteiger partial charge in [-0.1, -0.05) is 6.07 Å². The van der Waals surface area contributed by atoms with Gasteiger partial charge in [0.05, 0.1) is 12.1 Å². The lowest BCUT2D eigenvalue weighted by atomic mass is 10.1. The highest BCUT2D eigenvalue weighted by atomic mass is 19.1. The molecule has 0 saturated heterocycles. The Morgan fingerprint density at radius 1 is 1.47 bits per heavy atom. The van der Waals surface area contributed by atoms with Crippen molar-refractivity contribution < 1.29 is 14.3 Å². The lowest BCUT2D eigenvalue weighted by molar-refractivity contribution is -0.136. The molecule has 0 radical (unpaired) electrons. The van der Waals surface area contributed by atoms with Gasteiger partial charge in [-0.15, -0.1) is 0 Å². The molecule has 0 aliphatic carbocycles. The van der Waals surface area contributed by atoms with Gasteiger partial charge in [0.1, 0.15) is 5.82 Å². The highest BCUT2D eigenvalue weighted by Gasteiger charge is 2.06. The fourth-order valence-corrected chi connectivity index (χ4v) is 1.40. The van der Waals surface area contributed by atoms with Gasteiger partial charge in [0.2, 0.25) is 0 Å². The van der Waals surface area contributed by atoms with Crippen LogP contribution in [0.2, 0.25) is 0 Å². The van der Waals surface area contributed by atoms with Crippen molar-refractivity contribution in [2.45, 2.75) is 6.42 Å². The number of likely N-dealkylation sites (N-methyl/N-ethyl adjacent to an activating group) is 1. The van der Waals surface area contributed by atoms with E-state index in [0.29, 0.717) is 17.8 Å². The molecule has 17 heavy (non-hydrogen) atoms.